The van der Waals surface area contributed by atoms with Gasteiger partial charge in [-0.15, -0.1) is 11.3 Å². The predicted molar refractivity (Wildman–Crippen MR) is 73.6 cm³/mol. The summed E-state index contributed by atoms with van der Waals surface area (Å²) in [5, 5.41) is 13.4. The van der Waals surface area contributed by atoms with Crippen LogP contribution in [0, 0.1) is 10.1 Å². The van der Waals surface area contributed by atoms with Gasteiger partial charge in [0, 0.05) is 22.4 Å². The Labute approximate surface area is 113 Å². The van der Waals surface area contributed by atoms with E-state index in [1.54, 1.807) is 6.07 Å². The molecule has 1 aromatic heterocycles. The number of nitro groups is 1. The molecule has 19 heavy (non-hydrogen) atoms. The van der Waals surface area contributed by atoms with Crippen molar-refractivity contribution in [2.24, 2.45) is 0 Å². The quantitative estimate of drug-likeness (QED) is 0.641. The zero-order valence-corrected chi connectivity index (χ0v) is 11.2. The molecule has 2 rings (SSSR count). The molecule has 1 aromatic carbocycles. The van der Waals surface area contributed by atoms with Gasteiger partial charge in [-0.05, 0) is 29.7 Å². The molecule has 0 aliphatic heterocycles. The van der Waals surface area contributed by atoms with Crippen LogP contribution in [-0.2, 0) is 9.84 Å². The summed E-state index contributed by atoms with van der Waals surface area (Å²) in [5.41, 5.74) is -0.138. The highest BCUT2D eigenvalue weighted by atomic mass is 32.2. The summed E-state index contributed by atoms with van der Waals surface area (Å²) in [6.45, 7) is 0. The average Bonchev–Trinajstić information content (AvgIpc) is 2.90. The molecule has 0 saturated carbocycles. The number of benzene rings is 1. The minimum Gasteiger partial charge on any atom is -0.258 e. The molecule has 2 aromatic rings. The maximum absolute atomic E-state index is 12.0. The lowest BCUT2D eigenvalue weighted by Gasteiger charge is -1.98. The summed E-state index contributed by atoms with van der Waals surface area (Å²) < 4.78 is 23.9. The van der Waals surface area contributed by atoms with Gasteiger partial charge in [-0.1, -0.05) is 6.07 Å². The van der Waals surface area contributed by atoms with Crippen LogP contribution in [0.5, 0.6) is 0 Å². The number of non-ortho nitro benzene ring substituents is 1. The van der Waals surface area contributed by atoms with E-state index in [0.717, 1.165) is 10.3 Å². The van der Waals surface area contributed by atoms with E-state index in [-0.39, 0.29) is 10.6 Å². The van der Waals surface area contributed by atoms with E-state index in [9.17, 15) is 18.5 Å². The summed E-state index contributed by atoms with van der Waals surface area (Å²) in [6, 6.07) is 8.42. The highest BCUT2D eigenvalue weighted by Gasteiger charge is 2.12. The van der Waals surface area contributed by atoms with Gasteiger partial charge >= 0.3 is 0 Å². The second-order valence-electron chi connectivity index (χ2n) is 3.61. The average molecular weight is 295 g/mol. The Hall–Kier alpha value is -1.99. The van der Waals surface area contributed by atoms with Crippen molar-refractivity contribution in [2.75, 3.05) is 0 Å². The van der Waals surface area contributed by atoms with Gasteiger partial charge in [0.2, 0.25) is 0 Å². The minimum absolute atomic E-state index is 0.0332. The van der Waals surface area contributed by atoms with Crippen LogP contribution >= 0.6 is 11.3 Å². The molecular formula is C12H9NO4S2. The molecule has 0 aliphatic rings. The first kappa shape index (κ1) is 13.4. The summed E-state index contributed by atoms with van der Waals surface area (Å²) >= 11 is 1.42. The molecule has 0 aliphatic carbocycles. The second-order valence-corrected chi connectivity index (χ2v) is 6.43. The van der Waals surface area contributed by atoms with Crippen LogP contribution in [0.15, 0.2) is 52.1 Å². The lowest BCUT2D eigenvalue weighted by molar-refractivity contribution is -0.384. The van der Waals surface area contributed by atoms with Crippen molar-refractivity contribution >= 4 is 32.9 Å². The molecule has 0 radical (unpaired) electrons. The number of rotatable bonds is 4. The number of hydrogen-bond donors (Lipinski definition) is 0. The SMILES string of the molecule is O=[N+]([O-])c1ccc(S(=O)(=O)/C=C/c2cccs2)cc1. The van der Waals surface area contributed by atoms with Gasteiger partial charge in [-0.2, -0.15) is 0 Å². The Bertz CT molecular complexity index is 701. The van der Waals surface area contributed by atoms with Gasteiger partial charge in [0.05, 0.1) is 9.82 Å². The summed E-state index contributed by atoms with van der Waals surface area (Å²) in [6.07, 6.45) is 1.50. The van der Waals surface area contributed by atoms with E-state index in [1.165, 1.54) is 41.7 Å². The van der Waals surface area contributed by atoms with Crippen molar-refractivity contribution in [3.8, 4) is 0 Å². The fourth-order valence-corrected chi connectivity index (χ4v) is 3.08. The Balaban J connectivity index is 2.27. The van der Waals surface area contributed by atoms with Gasteiger partial charge in [0.15, 0.2) is 9.84 Å². The standard InChI is InChI=1S/C12H9NO4S2/c14-13(15)10-3-5-12(6-4-10)19(16,17)9-7-11-2-1-8-18-11/h1-9H/b9-7+. The zero-order valence-electron chi connectivity index (χ0n) is 9.59. The smallest absolute Gasteiger partial charge is 0.258 e. The monoisotopic (exact) mass is 295 g/mol. The third-order valence-corrected chi connectivity index (χ3v) is 4.59. The fraction of sp³-hybridized carbons (Fsp3) is 0. The van der Waals surface area contributed by atoms with Crippen LogP contribution in [-0.4, -0.2) is 13.3 Å². The van der Waals surface area contributed by atoms with Crippen molar-refractivity contribution in [3.63, 3.8) is 0 Å². The Kier molecular flexibility index (Phi) is 3.77. The topological polar surface area (TPSA) is 77.3 Å². The van der Waals surface area contributed by atoms with E-state index in [4.69, 9.17) is 0 Å². The van der Waals surface area contributed by atoms with Gasteiger partial charge in [-0.3, -0.25) is 10.1 Å². The molecule has 0 amide bonds. The Morgan fingerprint density at radius 3 is 2.37 bits per heavy atom. The molecular weight excluding hydrogens is 286 g/mol. The van der Waals surface area contributed by atoms with Crippen molar-refractivity contribution in [3.05, 3.63) is 62.2 Å². The summed E-state index contributed by atoms with van der Waals surface area (Å²) in [5.74, 6) is 0. The first-order valence-electron chi connectivity index (χ1n) is 5.20. The van der Waals surface area contributed by atoms with Gasteiger partial charge in [0.1, 0.15) is 0 Å². The fourth-order valence-electron chi connectivity index (χ4n) is 1.38. The maximum Gasteiger partial charge on any atom is 0.269 e. The van der Waals surface area contributed by atoms with Crippen LogP contribution in [0.25, 0.3) is 6.08 Å². The van der Waals surface area contributed by atoms with Crippen molar-refractivity contribution < 1.29 is 13.3 Å². The highest BCUT2D eigenvalue weighted by Crippen LogP contribution is 2.19. The van der Waals surface area contributed by atoms with Crippen LogP contribution in [0.2, 0.25) is 0 Å². The summed E-state index contributed by atoms with van der Waals surface area (Å²) in [7, 11) is -3.58. The molecule has 0 atom stereocenters. The van der Waals surface area contributed by atoms with Gasteiger partial charge in [0.25, 0.3) is 5.69 Å². The van der Waals surface area contributed by atoms with Crippen molar-refractivity contribution in [2.45, 2.75) is 4.90 Å². The van der Waals surface area contributed by atoms with E-state index in [1.807, 2.05) is 11.4 Å². The number of nitro benzene ring substituents is 1. The van der Waals surface area contributed by atoms with Gasteiger partial charge in [-0.25, -0.2) is 8.42 Å². The normalized spacial score (nSPS) is 11.8. The first-order chi connectivity index (χ1) is 8.99. The van der Waals surface area contributed by atoms with Gasteiger partial charge < -0.3 is 0 Å². The zero-order chi connectivity index (χ0) is 13.9. The third-order valence-electron chi connectivity index (χ3n) is 2.33. The molecule has 1 heterocycles. The highest BCUT2D eigenvalue weighted by molar-refractivity contribution is 7.94. The molecule has 98 valence electrons. The molecule has 0 N–H and O–H groups in total. The number of thiophene rings is 1. The molecule has 0 fully saturated rings. The van der Waals surface area contributed by atoms with Crippen LogP contribution in [0.4, 0.5) is 5.69 Å². The van der Waals surface area contributed by atoms with Crippen molar-refractivity contribution in [1.82, 2.24) is 0 Å². The van der Waals surface area contributed by atoms with E-state index in [0.29, 0.717) is 0 Å². The van der Waals surface area contributed by atoms with Crippen LogP contribution < -0.4 is 0 Å². The molecule has 0 saturated heterocycles. The Morgan fingerprint density at radius 1 is 1.16 bits per heavy atom. The third kappa shape index (κ3) is 3.27. The number of sulfone groups is 1. The largest absolute Gasteiger partial charge is 0.269 e. The number of nitrogens with zero attached hydrogens (tertiary/aromatic N) is 1. The van der Waals surface area contributed by atoms with E-state index >= 15 is 0 Å². The molecule has 7 heteroatoms. The molecule has 0 spiro atoms. The van der Waals surface area contributed by atoms with Crippen LogP contribution in [0.1, 0.15) is 4.88 Å². The second kappa shape index (κ2) is 5.33. The predicted octanol–water partition coefficient (Wildman–Crippen LogP) is 3.10. The van der Waals surface area contributed by atoms with E-state index in [2.05, 4.69) is 0 Å². The van der Waals surface area contributed by atoms with E-state index < -0.39 is 14.8 Å². The first-order valence-corrected chi connectivity index (χ1v) is 7.63. The maximum atomic E-state index is 12.0. The number of hydrogen-bond acceptors (Lipinski definition) is 5. The molecule has 0 unspecified atom stereocenters. The molecule has 0 bridgehead atoms. The minimum atomic E-state index is -3.58. The lowest BCUT2D eigenvalue weighted by Crippen LogP contribution is -1.96. The van der Waals surface area contributed by atoms with Crippen molar-refractivity contribution in [1.29, 1.82) is 0 Å². The lowest BCUT2D eigenvalue weighted by atomic mass is 10.3. The summed E-state index contributed by atoms with van der Waals surface area (Å²) in [4.78, 5) is 10.8. The molecule has 5 nitrogen and oxygen atoms in total. The Morgan fingerprint density at radius 2 is 1.84 bits per heavy atom. The van der Waals surface area contributed by atoms with Crippen LogP contribution in [0.3, 0.4) is 0 Å².